The molecule has 0 aliphatic carbocycles. The van der Waals surface area contributed by atoms with Crippen LogP contribution in [0.2, 0.25) is 0 Å². The van der Waals surface area contributed by atoms with Crippen LogP contribution in [0.1, 0.15) is 25.7 Å². The van der Waals surface area contributed by atoms with Gasteiger partial charge < -0.3 is 15.5 Å². The van der Waals surface area contributed by atoms with Crippen molar-refractivity contribution in [2.45, 2.75) is 25.7 Å². The number of nitrogens with one attached hydrogen (secondary N) is 2. The molecule has 2 aliphatic rings. The van der Waals surface area contributed by atoms with Crippen LogP contribution >= 0.6 is 0 Å². The van der Waals surface area contributed by atoms with Gasteiger partial charge in [0.05, 0.1) is 6.54 Å². The van der Waals surface area contributed by atoms with E-state index in [-0.39, 0.29) is 11.8 Å². The second kappa shape index (κ2) is 8.34. The predicted molar refractivity (Wildman–Crippen MR) is 81.9 cm³/mol. The number of nitrogens with zero attached hydrogens (tertiary/aromatic N) is 2. The molecule has 0 saturated carbocycles. The zero-order valence-corrected chi connectivity index (χ0v) is 13.1. The van der Waals surface area contributed by atoms with Gasteiger partial charge in [-0.05, 0) is 38.3 Å². The second-order valence-corrected chi connectivity index (χ2v) is 6.06. The van der Waals surface area contributed by atoms with Gasteiger partial charge in [-0.1, -0.05) is 0 Å². The summed E-state index contributed by atoms with van der Waals surface area (Å²) in [6.45, 7) is 5.73. The predicted octanol–water partition coefficient (Wildman–Crippen LogP) is -0.344. The van der Waals surface area contributed by atoms with Crippen molar-refractivity contribution < 1.29 is 9.59 Å². The van der Waals surface area contributed by atoms with Crippen molar-refractivity contribution >= 4 is 11.8 Å². The van der Waals surface area contributed by atoms with Crippen LogP contribution in [-0.2, 0) is 9.59 Å². The molecule has 2 fully saturated rings. The van der Waals surface area contributed by atoms with Gasteiger partial charge in [0.2, 0.25) is 11.8 Å². The molecule has 2 amide bonds. The summed E-state index contributed by atoms with van der Waals surface area (Å²) in [7, 11) is 1.66. The van der Waals surface area contributed by atoms with Crippen LogP contribution in [0.3, 0.4) is 0 Å². The zero-order chi connectivity index (χ0) is 15.1. The summed E-state index contributed by atoms with van der Waals surface area (Å²) in [6.07, 6.45) is 4.11. The van der Waals surface area contributed by atoms with E-state index in [0.29, 0.717) is 18.9 Å². The van der Waals surface area contributed by atoms with E-state index in [2.05, 4.69) is 15.5 Å². The normalized spacial score (nSPS) is 21.3. The summed E-state index contributed by atoms with van der Waals surface area (Å²) in [4.78, 5) is 27.6. The molecule has 0 spiro atoms. The molecule has 2 heterocycles. The largest absolute Gasteiger partial charge is 0.358 e. The monoisotopic (exact) mass is 296 g/mol. The number of hydrogen-bond acceptors (Lipinski definition) is 4. The summed E-state index contributed by atoms with van der Waals surface area (Å²) < 4.78 is 0. The first-order valence-electron chi connectivity index (χ1n) is 8.10. The average Bonchev–Trinajstić information content (AvgIpc) is 2.54. The van der Waals surface area contributed by atoms with Gasteiger partial charge in [-0.15, -0.1) is 0 Å². The van der Waals surface area contributed by atoms with Gasteiger partial charge in [0.15, 0.2) is 0 Å². The molecule has 21 heavy (non-hydrogen) atoms. The van der Waals surface area contributed by atoms with E-state index in [1.807, 2.05) is 4.90 Å². The summed E-state index contributed by atoms with van der Waals surface area (Å²) in [6, 6.07) is 0. The highest BCUT2D eigenvalue weighted by atomic mass is 16.2. The van der Waals surface area contributed by atoms with E-state index in [9.17, 15) is 9.59 Å². The summed E-state index contributed by atoms with van der Waals surface area (Å²) in [5, 5.41) is 5.99. The first-order valence-corrected chi connectivity index (χ1v) is 8.10. The van der Waals surface area contributed by atoms with Gasteiger partial charge in [-0.3, -0.25) is 14.5 Å². The van der Waals surface area contributed by atoms with E-state index in [1.54, 1.807) is 7.05 Å². The van der Waals surface area contributed by atoms with Crippen molar-refractivity contribution in [2.75, 3.05) is 52.9 Å². The van der Waals surface area contributed by atoms with E-state index < -0.39 is 0 Å². The summed E-state index contributed by atoms with van der Waals surface area (Å²) in [5.74, 6) is 1.04. The fourth-order valence-corrected chi connectivity index (χ4v) is 3.09. The molecule has 0 atom stereocenters. The third-order valence-electron chi connectivity index (χ3n) is 4.60. The Morgan fingerprint density at radius 1 is 1.14 bits per heavy atom. The molecular formula is C15H28N4O2. The van der Waals surface area contributed by atoms with Crippen molar-refractivity contribution in [2.24, 2.45) is 5.92 Å². The van der Waals surface area contributed by atoms with E-state index in [0.717, 1.165) is 45.7 Å². The number of likely N-dealkylation sites (N-methyl/N-ethyl adjacent to an activating group) is 1. The Morgan fingerprint density at radius 3 is 2.43 bits per heavy atom. The number of hydrogen-bond donors (Lipinski definition) is 2. The molecule has 2 rings (SSSR count). The Kier molecular flexibility index (Phi) is 6.45. The summed E-state index contributed by atoms with van der Waals surface area (Å²) in [5.41, 5.74) is 0. The third-order valence-corrected chi connectivity index (χ3v) is 4.60. The maximum Gasteiger partial charge on any atom is 0.233 e. The number of piperazine rings is 1. The van der Waals surface area contributed by atoms with Crippen molar-refractivity contribution in [3.05, 3.63) is 0 Å². The Balaban J connectivity index is 1.64. The lowest BCUT2D eigenvalue weighted by Gasteiger charge is -2.34. The highest BCUT2D eigenvalue weighted by molar-refractivity contribution is 5.78. The fraction of sp³-hybridized carbons (Fsp3) is 0.867. The van der Waals surface area contributed by atoms with E-state index in [1.165, 1.54) is 12.8 Å². The summed E-state index contributed by atoms with van der Waals surface area (Å²) >= 11 is 0. The van der Waals surface area contributed by atoms with Crippen molar-refractivity contribution in [1.29, 1.82) is 0 Å². The molecule has 0 aromatic heterocycles. The molecule has 120 valence electrons. The van der Waals surface area contributed by atoms with Gasteiger partial charge in [0, 0.05) is 39.6 Å². The van der Waals surface area contributed by atoms with Gasteiger partial charge in [-0.25, -0.2) is 0 Å². The van der Waals surface area contributed by atoms with Crippen LogP contribution in [0.5, 0.6) is 0 Å². The fourth-order valence-electron chi connectivity index (χ4n) is 3.09. The lowest BCUT2D eigenvalue weighted by molar-refractivity contribution is -0.133. The van der Waals surface area contributed by atoms with Crippen LogP contribution in [0.25, 0.3) is 0 Å². The molecular weight excluding hydrogens is 268 g/mol. The van der Waals surface area contributed by atoms with Crippen LogP contribution in [0.15, 0.2) is 0 Å². The number of carbonyl (C=O) groups excluding carboxylic acids is 2. The topological polar surface area (TPSA) is 64.7 Å². The first kappa shape index (κ1) is 16.2. The molecule has 2 aliphatic heterocycles. The van der Waals surface area contributed by atoms with E-state index >= 15 is 0 Å². The highest BCUT2D eigenvalue weighted by Gasteiger charge is 2.23. The Bertz CT molecular complexity index is 348. The maximum absolute atomic E-state index is 12.2. The second-order valence-electron chi connectivity index (χ2n) is 6.06. The third kappa shape index (κ3) is 5.28. The minimum absolute atomic E-state index is 0.0423. The van der Waals surface area contributed by atoms with Gasteiger partial charge in [0.25, 0.3) is 0 Å². The molecule has 0 unspecified atom stereocenters. The minimum Gasteiger partial charge on any atom is -0.358 e. The minimum atomic E-state index is 0.0423. The molecule has 0 bridgehead atoms. The van der Waals surface area contributed by atoms with Crippen molar-refractivity contribution in [3.63, 3.8) is 0 Å². The Morgan fingerprint density at radius 2 is 1.81 bits per heavy atom. The van der Waals surface area contributed by atoms with Crippen molar-refractivity contribution in [3.8, 4) is 0 Å². The standard InChI is InChI=1S/C15H28N4O2/c1-16-14(20)12-18-8-10-19(11-9-18)15(21)3-2-13-4-6-17-7-5-13/h13,17H,2-12H2,1H3,(H,16,20). The quantitative estimate of drug-likeness (QED) is 0.728. The van der Waals surface area contributed by atoms with E-state index in [4.69, 9.17) is 0 Å². The smallest absolute Gasteiger partial charge is 0.233 e. The number of amides is 2. The Hall–Kier alpha value is -1.14. The molecule has 0 aromatic carbocycles. The molecule has 0 radical (unpaired) electrons. The molecule has 6 nitrogen and oxygen atoms in total. The van der Waals surface area contributed by atoms with Crippen LogP contribution in [0, 0.1) is 5.92 Å². The number of rotatable bonds is 5. The van der Waals surface area contributed by atoms with Crippen LogP contribution < -0.4 is 10.6 Å². The zero-order valence-electron chi connectivity index (χ0n) is 13.1. The molecule has 2 saturated heterocycles. The average molecular weight is 296 g/mol. The van der Waals surface area contributed by atoms with Gasteiger partial charge in [-0.2, -0.15) is 0 Å². The first-order chi connectivity index (χ1) is 10.2. The maximum atomic E-state index is 12.2. The van der Waals surface area contributed by atoms with Crippen LogP contribution in [-0.4, -0.2) is 74.5 Å². The van der Waals surface area contributed by atoms with Crippen LogP contribution in [0.4, 0.5) is 0 Å². The van der Waals surface area contributed by atoms with Crippen molar-refractivity contribution in [1.82, 2.24) is 20.4 Å². The molecule has 2 N–H and O–H groups in total. The SMILES string of the molecule is CNC(=O)CN1CCN(C(=O)CCC2CCNCC2)CC1. The Labute approximate surface area is 127 Å². The number of piperidine rings is 1. The van der Waals surface area contributed by atoms with Gasteiger partial charge in [0.1, 0.15) is 0 Å². The lowest BCUT2D eigenvalue weighted by atomic mass is 9.93. The number of carbonyl (C=O) groups is 2. The molecule has 0 aromatic rings. The molecule has 6 heteroatoms. The lowest BCUT2D eigenvalue weighted by Crippen LogP contribution is -2.50. The highest BCUT2D eigenvalue weighted by Crippen LogP contribution is 2.18. The van der Waals surface area contributed by atoms with Gasteiger partial charge >= 0.3 is 0 Å².